The molecule has 2 heterocycles. The smallest absolute Gasteiger partial charge is 0.462 e. The van der Waals surface area contributed by atoms with Crippen molar-refractivity contribution >= 4 is 33.4 Å². The van der Waals surface area contributed by atoms with E-state index in [9.17, 15) is 48.6 Å². The molecule has 0 saturated carbocycles. The first kappa shape index (κ1) is 65.3. The number of carbonyl (C=O) groups excluding carboxylic acids is 2. The molecule has 2 rings (SSSR count). The third-order valence-corrected chi connectivity index (χ3v) is 13.9. The molecule has 21 heteroatoms. The Balaban J connectivity index is 1.82. The highest BCUT2D eigenvalue weighted by molar-refractivity contribution is 7.61. The van der Waals surface area contributed by atoms with Gasteiger partial charge in [0, 0.05) is 19.0 Å². The maximum Gasteiger partial charge on any atom is 0.481 e. The number of allylic oxidation sites excluding steroid dienone is 12. The third-order valence-electron chi connectivity index (χ3n) is 11.3. The van der Waals surface area contributed by atoms with E-state index in [0.717, 1.165) is 101 Å². The van der Waals surface area contributed by atoms with E-state index in [-0.39, 0.29) is 24.8 Å². The minimum atomic E-state index is -5.45. The van der Waals surface area contributed by atoms with Gasteiger partial charge in [-0.05, 0) is 103 Å². The van der Waals surface area contributed by atoms with Gasteiger partial charge >= 0.3 is 33.3 Å². The maximum absolute atomic E-state index is 12.9. The molecule has 1 aromatic heterocycles. The van der Waals surface area contributed by atoms with Crippen molar-refractivity contribution in [3.63, 3.8) is 0 Å². The number of nitrogen functional groups attached to an aromatic ring is 1. The number of aromatic nitrogens is 2. The monoisotopic (exact) mass is 1070 g/mol. The number of ether oxygens (including phenoxy) is 3. The summed E-state index contributed by atoms with van der Waals surface area (Å²) in [6.07, 6.45) is 38.3. The predicted molar refractivity (Wildman–Crippen MR) is 281 cm³/mol. The van der Waals surface area contributed by atoms with Crippen molar-refractivity contribution in [2.45, 2.75) is 198 Å². The summed E-state index contributed by atoms with van der Waals surface area (Å²) in [6, 6.07) is 1.24. The number of phosphoric acid groups is 2. The lowest BCUT2D eigenvalue weighted by atomic mass is 10.1. The van der Waals surface area contributed by atoms with Gasteiger partial charge in [0.2, 0.25) is 0 Å². The maximum atomic E-state index is 12.9. The zero-order valence-electron chi connectivity index (χ0n) is 43.0. The van der Waals surface area contributed by atoms with Crippen molar-refractivity contribution in [2.75, 3.05) is 25.6 Å². The van der Waals surface area contributed by atoms with E-state index in [0.29, 0.717) is 25.7 Å². The topological polar surface area (TPSA) is 286 Å². The van der Waals surface area contributed by atoms with E-state index in [4.69, 9.17) is 29.0 Å². The first-order valence-corrected chi connectivity index (χ1v) is 29.0. The number of carbonyl (C=O) groups is 2. The fourth-order valence-electron chi connectivity index (χ4n) is 7.24. The van der Waals surface area contributed by atoms with Crippen molar-refractivity contribution in [3.05, 3.63) is 95.7 Å². The Bertz CT molecular complexity index is 2020. The van der Waals surface area contributed by atoms with Crippen LogP contribution >= 0.6 is 15.6 Å². The molecule has 2 unspecified atom stereocenters. The van der Waals surface area contributed by atoms with Gasteiger partial charge in [0.25, 0.3) is 0 Å². The molecule has 1 saturated heterocycles. The number of anilines is 1. The predicted octanol–water partition coefficient (Wildman–Crippen LogP) is 9.86. The molecule has 414 valence electrons. The van der Waals surface area contributed by atoms with Crippen LogP contribution in [-0.2, 0) is 46.3 Å². The molecule has 0 bridgehead atoms. The van der Waals surface area contributed by atoms with E-state index >= 15 is 0 Å². The number of nitrogens with two attached hydrogens (primary N) is 1. The molecule has 8 atom stereocenters. The lowest BCUT2D eigenvalue weighted by Crippen LogP contribution is -2.36. The highest BCUT2D eigenvalue weighted by Gasteiger charge is 2.46. The van der Waals surface area contributed by atoms with E-state index in [1.54, 1.807) is 6.92 Å². The second kappa shape index (κ2) is 39.6. The number of aliphatic hydroxyl groups is 3. The summed E-state index contributed by atoms with van der Waals surface area (Å²) in [5, 5.41) is 30.2. The Morgan fingerprint density at radius 1 is 0.712 bits per heavy atom. The number of unbranched alkanes of at least 4 members (excludes halogenated alkanes) is 12. The Labute approximate surface area is 432 Å². The summed E-state index contributed by atoms with van der Waals surface area (Å²) in [6.45, 7) is 1.62. The molecule has 0 amide bonds. The largest absolute Gasteiger partial charge is 0.481 e. The number of esters is 2. The van der Waals surface area contributed by atoms with Gasteiger partial charge in [0.05, 0.1) is 19.3 Å². The summed E-state index contributed by atoms with van der Waals surface area (Å²) in [4.78, 5) is 61.9. The Hall–Kier alpha value is -3.84. The number of hydrogen-bond acceptors (Lipinski definition) is 16. The van der Waals surface area contributed by atoms with Gasteiger partial charge < -0.3 is 45.1 Å². The second-order valence-electron chi connectivity index (χ2n) is 17.9. The molecular weight excluding hydrogens is 985 g/mol. The highest BCUT2D eigenvalue weighted by atomic mass is 31.3. The summed E-state index contributed by atoms with van der Waals surface area (Å²) < 4.78 is 56.7. The number of rotatable bonds is 42. The third kappa shape index (κ3) is 32.9. The van der Waals surface area contributed by atoms with E-state index in [2.05, 4.69) is 70.9 Å². The van der Waals surface area contributed by atoms with Gasteiger partial charge in [-0.2, -0.15) is 9.29 Å². The molecule has 0 spiro atoms. The summed E-state index contributed by atoms with van der Waals surface area (Å²) in [7, 11) is -10.9. The highest BCUT2D eigenvalue weighted by Crippen LogP contribution is 2.60. The van der Waals surface area contributed by atoms with Gasteiger partial charge in [-0.15, -0.1) is 0 Å². The van der Waals surface area contributed by atoms with Crippen LogP contribution in [0.2, 0.25) is 0 Å². The van der Waals surface area contributed by atoms with Crippen LogP contribution in [0.3, 0.4) is 0 Å². The molecule has 0 radical (unpaired) electrons. The zero-order chi connectivity index (χ0) is 53.6. The van der Waals surface area contributed by atoms with E-state index in [1.165, 1.54) is 25.3 Å². The minimum Gasteiger partial charge on any atom is -0.462 e. The number of phosphoric ester groups is 2. The average molecular weight is 1070 g/mol. The lowest BCUT2D eigenvalue weighted by molar-refractivity contribution is -0.161. The zero-order valence-corrected chi connectivity index (χ0v) is 44.8. The van der Waals surface area contributed by atoms with Crippen LogP contribution in [0.4, 0.5) is 5.82 Å². The number of nitrogens with zero attached hydrogens (tertiary/aromatic N) is 2. The lowest BCUT2D eigenvalue weighted by Gasteiger charge is -2.21. The molecule has 0 aliphatic carbocycles. The van der Waals surface area contributed by atoms with Crippen molar-refractivity contribution in [2.24, 2.45) is 0 Å². The van der Waals surface area contributed by atoms with E-state index in [1.807, 2.05) is 18.2 Å². The van der Waals surface area contributed by atoms with Gasteiger partial charge in [-0.1, -0.05) is 125 Å². The SMILES string of the molecule is CCCCC/C=C\C/C=C\CCCCCCCCCC(=O)OC[C@H](COP(=O)(O)OP(=O)(O)OC[C@H]1O[C@@H](n2ccc(N)nc2=O)[C@H](O)[C@@H]1O)OC(=O)CCC/C=C\C/C=C\C/C=C\C/C=C\CCC[C@H](C)O. The standard InChI is InChI=1S/C52H85N3O16P2/c1-3-4-5-6-7-8-9-10-11-12-15-18-21-24-27-30-33-36-47(57)66-40-44(69-48(58)37-34-31-28-25-22-19-16-13-14-17-20-23-26-29-32-35-43(2)56)41-67-72(62,63)71-73(64,65)68-42-45-49(59)50(60)51(70-45)55-39-38-46(53)54-52(55)61/h7-8,10-11,14,16-17,19,23,25-26,28,38-39,43-45,49-51,56,59-60H,3-6,9,12-13,15,18,20-22,24,27,29-37,40-42H2,1-2H3,(H,62,63)(H,64,65)(H2,53,54,61)/b8-7-,11-10-,17-14-,19-16-,26-23-,28-25-/t43-,44+,45+,49+,50+,51+/m0/s1. The molecule has 1 aliphatic rings. The fourth-order valence-corrected chi connectivity index (χ4v) is 9.35. The van der Waals surface area contributed by atoms with Gasteiger partial charge in [-0.3, -0.25) is 23.2 Å². The quantitative estimate of drug-likeness (QED) is 0.0154. The Kier molecular flexibility index (Phi) is 35.4. The van der Waals surface area contributed by atoms with Crippen LogP contribution < -0.4 is 11.4 Å². The van der Waals surface area contributed by atoms with Crippen LogP contribution in [0, 0.1) is 0 Å². The van der Waals surface area contributed by atoms with Crippen LogP contribution in [-0.4, -0.2) is 96.9 Å². The van der Waals surface area contributed by atoms with Crippen molar-refractivity contribution < 1.29 is 71.4 Å². The van der Waals surface area contributed by atoms with Gasteiger partial charge in [0.15, 0.2) is 12.3 Å². The molecule has 1 fully saturated rings. The average Bonchev–Trinajstić information content (AvgIpc) is 3.62. The van der Waals surface area contributed by atoms with Gasteiger partial charge in [0.1, 0.15) is 30.7 Å². The second-order valence-corrected chi connectivity index (χ2v) is 21.0. The summed E-state index contributed by atoms with van der Waals surface area (Å²) in [5.41, 5.74) is 4.58. The first-order valence-electron chi connectivity index (χ1n) is 26.0. The molecule has 0 aromatic carbocycles. The van der Waals surface area contributed by atoms with Crippen LogP contribution in [0.1, 0.15) is 168 Å². The van der Waals surface area contributed by atoms with Crippen LogP contribution in [0.25, 0.3) is 0 Å². The Morgan fingerprint density at radius 3 is 1.79 bits per heavy atom. The normalized spacial score (nSPS) is 20.0. The van der Waals surface area contributed by atoms with Gasteiger partial charge in [-0.25, -0.2) is 13.9 Å². The summed E-state index contributed by atoms with van der Waals surface area (Å²) in [5.74, 6) is -1.40. The van der Waals surface area contributed by atoms with E-state index < -0.39 is 83.7 Å². The molecule has 1 aliphatic heterocycles. The molecular formula is C52H85N3O16P2. The Morgan fingerprint density at radius 2 is 1.22 bits per heavy atom. The minimum absolute atomic E-state index is 0.0426. The van der Waals surface area contributed by atoms with Crippen LogP contribution in [0.5, 0.6) is 0 Å². The summed E-state index contributed by atoms with van der Waals surface area (Å²) >= 11 is 0. The number of hydrogen-bond donors (Lipinski definition) is 6. The van der Waals surface area contributed by atoms with Crippen LogP contribution in [0.15, 0.2) is 90.0 Å². The van der Waals surface area contributed by atoms with Crippen molar-refractivity contribution in [3.8, 4) is 0 Å². The molecule has 19 nitrogen and oxygen atoms in total. The molecule has 73 heavy (non-hydrogen) atoms. The molecule has 1 aromatic rings. The van der Waals surface area contributed by atoms with Crippen molar-refractivity contribution in [1.82, 2.24) is 9.55 Å². The van der Waals surface area contributed by atoms with Crippen molar-refractivity contribution in [1.29, 1.82) is 0 Å². The number of aliphatic hydroxyl groups excluding tert-OH is 3. The fraction of sp³-hybridized carbons (Fsp3) is 0.654. The molecule has 7 N–H and O–H groups in total. The first-order chi connectivity index (χ1) is 35.0.